The summed E-state index contributed by atoms with van der Waals surface area (Å²) in [6, 6.07) is 3.97. The van der Waals surface area contributed by atoms with Gasteiger partial charge in [0.1, 0.15) is 5.60 Å². The largest absolute Gasteiger partial charge is 0.444 e. The second-order valence-electron chi connectivity index (χ2n) is 11.1. The number of ether oxygens (including phenoxy) is 1. The first kappa shape index (κ1) is 29.3. The molecule has 0 aromatic carbocycles. The zero-order chi connectivity index (χ0) is 27.5. The van der Waals surface area contributed by atoms with Gasteiger partial charge < -0.3 is 25.2 Å². The number of nitrogens with one attached hydrogen (secondary N) is 2. The normalized spacial score (nSPS) is 18.1. The van der Waals surface area contributed by atoms with Gasteiger partial charge in [0, 0.05) is 56.7 Å². The molecule has 0 aliphatic carbocycles. The van der Waals surface area contributed by atoms with Crippen LogP contribution in [0.1, 0.15) is 65.4 Å². The first-order chi connectivity index (χ1) is 18.2. The first-order valence-corrected chi connectivity index (χ1v) is 13.9. The van der Waals surface area contributed by atoms with Crippen LogP contribution in [0, 0.1) is 5.92 Å². The summed E-state index contributed by atoms with van der Waals surface area (Å²) in [5.74, 6) is 0.464. The summed E-state index contributed by atoms with van der Waals surface area (Å²) in [7, 11) is 0. The van der Waals surface area contributed by atoms with Crippen molar-refractivity contribution in [1.29, 1.82) is 0 Å². The average molecular weight is 524 g/mol. The van der Waals surface area contributed by atoms with Crippen molar-refractivity contribution in [2.75, 3.05) is 26.2 Å². The second kappa shape index (κ2) is 14.0. The Balaban J connectivity index is 1.36. The number of hydrogen-bond donors (Lipinski definition) is 2. The van der Waals surface area contributed by atoms with E-state index in [4.69, 9.17) is 4.74 Å². The van der Waals surface area contributed by atoms with Crippen LogP contribution in [0.25, 0.3) is 0 Å². The molecule has 1 fully saturated rings. The molecule has 0 spiro atoms. The van der Waals surface area contributed by atoms with Gasteiger partial charge in [-0.3, -0.25) is 4.98 Å². The van der Waals surface area contributed by atoms with E-state index >= 15 is 0 Å². The summed E-state index contributed by atoms with van der Waals surface area (Å²) < 4.78 is 5.52. The van der Waals surface area contributed by atoms with E-state index < -0.39 is 5.60 Å². The van der Waals surface area contributed by atoms with Gasteiger partial charge in [-0.05, 0) is 63.8 Å². The highest BCUT2D eigenvalue weighted by Crippen LogP contribution is 2.37. The van der Waals surface area contributed by atoms with Crippen molar-refractivity contribution in [3.8, 4) is 0 Å². The number of hydrogen-bond acceptors (Lipinski definition) is 5. The van der Waals surface area contributed by atoms with Crippen molar-refractivity contribution in [3.05, 3.63) is 66.2 Å². The Kier molecular flexibility index (Phi) is 10.8. The Morgan fingerprint density at radius 3 is 2.58 bits per heavy atom. The molecule has 2 N–H and O–H groups in total. The maximum atomic E-state index is 12.4. The Labute approximate surface area is 228 Å². The lowest BCUT2D eigenvalue weighted by molar-refractivity contribution is -0.00855. The second-order valence-corrected chi connectivity index (χ2v) is 11.1. The van der Waals surface area contributed by atoms with Crippen LogP contribution in [0.5, 0.6) is 0 Å². The third kappa shape index (κ3) is 8.64. The lowest BCUT2D eigenvalue weighted by atomic mass is 9.93. The lowest BCUT2D eigenvalue weighted by Gasteiger charge is -2.45. The van der Waals surface area contributed by atoms with Gasteiger partial charge in [0.15, 0.2) is 0 Å². The summed E-state index contributed by atoms with van der Waals surface area (Å²) in [4.78, 5) is 32.6. The van der Waals surface area contributed by atoms with Crippen molar-refractivity contribution < 1.29 is 14.3 Å². The van der Waals surface area contributed by atoms with Crippen molar-refractivity contribution in [2.24, 2.45) is 5.92 Å². The molecule has 38 heavy (non-hydrogen) atoms. The van der Waals surface area contributed by atoms with E-state index in [1.165, 1.54) is 11.3 Å². The van der Waals surface area contributed by atoms with Crippen LogP contribution in [-0.4, -0.2) is 64.7 Å². The number of rotatable bonds is 12. The number of amides is 3. The number of carbonyl (C=O) groups is 2. The zero-order valence-corrected chi connectivity index (χ0v) is 23.5. The van der Waals surface area contributed by atoms with Gasteiger partial charge >= 0.3 is 12.1 Å². The van der Waals surface area contributed by atoms with Crippen LogP contribution in [-0.2, 0) is 11.3 Å². The highest BCUT2D eigenvalue weighted by atomic mass is 16.6. The molecule has 8 nitrogen and oxygen atoms in total. The third-order valence-electron chi connectivity index (χ3n) is 6.90. The molecule has 0 bridgehead atoms. The van der Waals surface area contributed by atoms with E-state index in [-0.39, 0.29) is 12.1 Å². The van der Waals surface area contributed by atoms with E-state index in [0.717, 1.165) is 44.2 Å². The highest BCUT2D eigenvalue weighted by Gasteiger charge is 2.41. The fourth-order valence-corrected chi connectivity index (χ4v) is 4.98. The molecule has 1 unspecified atom stereocenters. The molecule has 2 aliphatic heterocycles. The van der Waals surface area contributed by atoms with Crippen LogP contribution in [0.2, 0.25) is 0 Å². The van der Waals surface area contributed by atoms with E-state index in [2.05, 4.69) is 46.2 Å². The Morgan fingerprint density at radius 2 is 1.92 bits per heavy atom. The van der Waals surface area contributed by atoms with Crippen molar-refractivity contribution in [3.63, 3.8) is 0 Å². The molecule has 8 heteroatoms. The number of pyridine rings is 1. The molecule has 1 aromatic heterocycles. The van der Waals surface area contributed by atoms with Crippen molar-refractivity contribution in [2.45, 2.75) is 78.0 Å². The van der Waals surface area contributed by atoms with Gasteiger partial charge in [0.25, 0.3) is 0 Å². The number of carbonyl (C=O) groups excluding carboxylic acids is 2. The van der Waals surface area contributed by atoms with E-state index in [0.29, 0.717) is 38.1 Å². The van der Waals surface area contributed by atoms with Gasteiger partial charge in [-0.15, -0.1) is 0 Å². The summed E-state index contributed by atoms with van der Waals surface area (Å²) in [6.07, 6.45) is 15.0. The quantitative estimate of drug-likeness (QED) is 0.358. The highest BCUT2D eigenvalue weighted by molar-refractivity contribution is 5.73. The van der Waals surface area contributed by atoms with Gasteiger partial charge in [0.2, 0.25) is 0 Å². The zero-order valence-electron chi connectivity index (χ0n) is 23.5. The van der Waals surface area contributed by atoms with E-state index in [9.17, 15) is 9.59 Å². The third-order valence-corrected chi connectivity index (χ3v) is 6.90. The fourth-order valence-electron chi connectivity index (χ4n) is 4.98. The molecule has 0 saturated carbocycles. The molecule has 1 aromatic rings. The van der Waals surface area contributed by atoms with Gasteiger partial charge in [-0.1, -0.05) is 44.1 Å². The molecule has 3 amide bonds. The molecule has 208 valence electrons. The molecule has 2 aliphatic rings. The SMILES string of the molecule is C=CC1=C(/C=C\C)C(CCCCCCNC(=O)NCc2cccnc2)CN1C1CN(C(=O)OC(C)(C)C)C1. The summed E-state index contributed by atoms with van der Waals surface area (Å²) in [5.41, 5.74) is 3.06. The Bertz CT molecular complexity index is 993. The predicted octanol–water partition coefficient (Wildman–Crippen LogP) is 5.40. The van der Waals surface area contributed by atoms with Crippen LogP contribution in [0.15, 0.2) is 60.6 Å². The predicted molar refractivity (Wildman–Crippen MR) is 151 cm³/mol. The average Bonchev–Trinajstić information content (AvgIpc) is 3.17. The van der Waals surface area contributed by atoms with Crippen molar-refractivity contribution >= 4 is 12.1 Å². The molecule has 1 saturated heterocycles. The number of allylic oxidation sites excluding steroid dienone is 3. The fraction of sp³-hybridized carbons (Fsp3) is 0.567. The molecule has 1 atom stereocenters. The minimum atomic E-state index is -0.477. The van der Waals surface area contributed by atoms with Gasteiger partial charge in [0.05, 0.1) is 6.04 Å². The topological polar surface area (TPSA) is 86.8 Å². The number of unbranched alkanes of at least 4 members (excludes halogenated alkanes) is 3. The minimum Gasteiger partial charge on any atom is -0.444 e. The molecule has 3 rings (SSSR count). The standard InChI is InChI=1S/C30H45N5O3/c1-6-13-26-24(15-10-8-9-11-17-32-28(36)33-19-23-14-12-16-31-18-23)20-35(27(26)7-2)25-21-34(22-25)29(37)38-30(3,4)5/h6-7,12-14,16,18,24-25H,2,8-11,15,17,19-22H2,1,3-5H3,(H2,32,33,36)/b13-6-. The molecule has 3 heterocycles. The maximum absolute atomic E-state index is 12.4. The molecular formula is C30H45N5O3. The maximum Gasteiger partial charge on any atom is 0.410 e. The lowest BCUT2D eigenvalue weighted by Crippen LogP contribution is -2.61. The van der Waals surface area contributed by atoms with Crippen LogP contribution in [0.4, 0.5) is 9.59 Å². The molecule has 0 radical (unpaired) electrons. The van der Waals surface area contributed by atoms with Crippen molar-refractivity contribution in [1.82, 2.24) is 25.4 Å². The minimum absolute atomic E-state index is 0.140. The summed E-state index contributed by atoms with van der Waals surface area (Å²) in [6.45, 7) is 15.3. The first-order valence-electron chi connectivity index (χ1n) is 13.9. The van der Waals surface area contributed by atoms with Gasteiger partial charge in [-0.25, -0.2) is 9.59 Å². The summed E-state index contributed by atoms with van der Waals surface area (Å²) in [5, 5.41) is 5.80. The van der Waals surface area contributed by atoms with Gasteiger partial charge in [-0.2, -0.15) is 0 Å². The Hall–Kier alpha value is -3.29. The number of nitrogens with zero attached hydrogens (tertiary/aromatic N) is 3. The molecular weight excluding hydrogens is 478 g/mol. The summed E-state index contributed by atoms with van der Waals surface area (Å²) >= 11 is 0. The monoisotopic (exact) mass is 523 g/mol. The van der Waals surface area contributed by atoms with Crippen LogP contribution in [0.3, 0.4) is 0 Å². The number of likely N-dealkylation sites (tertiary alicyclic amines) is 1. The number of aromatic nitrogens is 1. The Morgan fingerprint density at radius 1 is 1.16 bits per heavy atom. The van der Waals surface area contributed by atoms with Crippen LogP contribution < -0.4 is 10.6 Å². The van der Waals surface area contributed by atoms with E-state index in [1.54, 1.807) is 17.3 Å². The van der Waals surface area contributed by atoms with E-state index in [1.807, 2.05) is 39.0 Å². The number of urea groups is 1. The smallest absolute Gasteiger partial charge is 0.410 e. The van der Waals surface area contributed by atoms with Crippen LogP contribution >= 0.6 is 0 Å².